The van der Waals surface area contributed by atoms with Crippen LogP contribution in [0.1, 0.15) is 15.2 Å². The van der Waals surface area contributed by atoms with Gasteiger partial charge in [0.05, 0.1) is 17.4 Å². The highest BCUT2D eigenvalue weighted by molar-refractivity contribution is 7.09. The van der Waals surface area contributed by atoms with Gasteiger partial charge in [-0.15, -0.1) is 11.3 Å². The number of thiophene rings is 1. The summed E-state index contributed by atoms with van der Waals surface area (Å²) in [6.07, 6.45) is 3.44. The Morgan fingerprint density at radius 1 is 1.43 bits per heavy atom. The van der Waals surface area contributed by atoms with Crippen LogP contribution >= 0.6 is 11.3 Å². The first-order valence-corrected chi connectivity index (χ1v) is 7.17. The molecule has 0 unspecified atom stereocenters. The number of nitrogens with zero attached hydrogens (tertiary/aromatic N) is 2. The van der Waals surface area contributed by atoms with Crippen molar-refractivity contribution in [2.24, 2.45) is 0 Å². The maximum Gasteiger partial charge on any atom is 0.337 e. The molecule has 0 bridgehead atoms. The van der Waals surface area contributed by atoms with Crippen molar-refractivity contribution in [1.29, 1.82) is 0 Å². The van der Waals surface area contributed by atoms with Gasteiger partial charge in [0.15, 0.2) is 0 Å². The highest BCUT2D eigenvalue weighted by Crippen LogP contribution is 2.11. The van der Waals surface area contributed by atoms with E-state index in [-0.39, 0.29) is 11.6 Å². The van der Waals surface area contributed by atoms with Crippen LogP contribution < -0.4 is 5.32 Å². The van der Waals surface area contributed by atoms with Crippen LogP contribution in [-0.2, 0) is 6.42 Å². The number of hydrogen-bond donors (Lipinski definition) is 2. The molecule has 0 saturated heterocycles. The Labute approximate surface area is 126 Å². The predicted molar refractivity (Wildman–Crippen MR) is 80.9 cm³/mol. The summed E-state index contributed by atoms with van der Waals surface area (Å²) in [4.78, 5) is 29.4. The van der Waals surface area contributed by atoms with E-state index in [2.05, 4.69) is 10.3 Å². The van der Waals surface area contributed by atoms with Gasteiger partial charge in [0.2, 0.25) is 0 Å². The fraction of sp³-hybridized carbons (Fsp3) is 0.214. The van der Waals surface area contributed by atoms with Gasteiger partial charge in [-0.25, -0.2) is 9.59 Å². The van der Waals surface area contributed by atoms with Gasteiger partial charge >= 0.3 is 12.0 Å². The minimum atomic E-state index is -1.08. The lowest BCUT2D eigenvalue weighted by molar-refractivity contribution is 0.0696. The summed E-state index contributed by atoms with van der Waals surface area (Å²) < 4.78 is 0. The lowest BCUT2D eigenvalue weighted by Crippen LogP contribution is -2.33. The van der Waals surface area contributed by atoms with Crippen molar-refractivity contribution >= 4 is 29.0 Å². The summed E-state index contributed by atoms with van der Waals surface area (Å²) in [5.41, 5.74) is 0.400. The molecule has 2 aromatic rings. The SMILES string of the molecule is CN(CCc1cccs1)C(=O)Nc1cncc(C(=O)O)c1. The quantitative estimate of drug-likeness (QED) is 0.889. The zero-order valence-corrected chi connectivity index (χ0v) is 12.3. The third-order valence-electron chi connectivity index (χ3n) is 2.86. The topological polar surface area (TPSA) is 82.5 Å². The molecule has 6 nitrogen and oxygen atoms in total. The number of anilines is 1. The molecule has 0 aliphatic rings. The molecule has 0 aliphatic carbocycles. The van der Waals surface area contributed by atoms with Gasteiger partial charge in [0, 0.05) is 24.7 Å². The number of carbonyl (C=O) groups excluding carboxylic acids is 1. The van der Waals surface area contributed by atoms with Crippen molar-refractivity contribution in [3.63, 3.8) is 0 Å². The molecule has 0 atom stereocenters. The molecule has 0 spiro atoms. The Kier molecular flexibility index (Phi) is 4.89. The molecule has 2 rings (SSSR count). The highest BCUT2D eigenvalue weighted by atomic mass is 32.1. The molecular formula is C14H15N3O3S. The number of amides is 2. The van der Waals surface area contributed by atoms with Crippen LogP contribution in [0, 0.1) is 0 Å². The van der Waals surface area contributed by atoms with Crippen LogP contribution in [0.2, 0.25) is 0 Å². The summed E-state index contributed by atoms with van der Waals surface area (Å²) in [5.74, 6) is -1.08. The van der Waals surface area contributed by atoms with Crippen LogP contribution in [0.4, 0.5) is 10.5 Å². The number of pyridine rings is 1. The summed E-state index contributed by atoms with van der Waals surface area (Å²) >= 11 is 1.65. The Hall–Kier alpha value is -2.41. The normalized spacial score (nSPS) is 10.1. The van der Waals surface area contributed by atoms with E-state index in [1.165, 1.54) is 23.3 Å². The molecule has 21 heavy (non-hydrogen) atoms. The molecule has 2 N–H and O–H groups in total. The zero-order valence-electron chi connectivity index (χ0n) is 11.4. The van der Waals surface area contributed by atoms with Crippen molar-refractivity contribution in [2.45, 2.75) is 6.42 Å². The van der Waals surface area contributed by atoms with Gasteiger partial charge < -0.3 is 15.3 Å². The molecule has 2 aromatic heterocycles. The second kappa shape index (κ2) is 6.85. The molecule has 2 amide bonds. The van der Waals surface area contributed by atoms with E-state index in [0.717, 1.165) is 6.42 Å². The molecule has 0 saturated carbocycles. The van der Waals surface area contributed by atoms with Crippen LogP contribution in [0.5, 0.6) is 0 Å². The summed E-state index contributed by atoms with van der Waals surface area (Å²) in [5, 5.41) is 13.5. The average molecular weight is 305 g/mol. The van der Waals surface area contributed by atoms with E-state index >= 15 is 0 Å². The summed E-state index contributed by atoms with van der Waals surface area (Å²) in [7, 11) is 1.69. The van der Waals surface area contributed by atoms with Crippen molar-refractivity contribution in [2.75, 3.05) is 18.9 Å². The number of aromatic carboxylic acids is 1. The van der Waals surface area contributed by atoms with Crippen LogP contribution in [0.3, 0.4) is 0 Å². The van der Waals surface area contributed by atoms with Gasteiger partial charge in [-0.1, -0.05) is 6.07 Å². The summed E-state index contributed by atoms with van der Waals surface area (Å²) in [6.45, 7) is 0.582. The second-order valence-corrected chi connectivity index (χ2v) is 5.48. The first-order valence-electron chi connectivity index (χ1n) is 6.29. The molecular weight excluding hydrogens is 290 g/mol. The molecule has 7 heteroatoms. The van der Waals surface area contributed by atoms with Crippen molar-refractivity contribution in [3.8, 4) is 0 Å². The zero-order chi connectivity index (χ0) is 15.2. The lowest BCUT2D eigenvalue weighted by Gasteiger charge is -2.17. The maximum absolute atomic E-state index is 12.0. The van der Waals surface area contributed by atoms with Crippen LogP contribution in [0.25, 0.3) is 0 Å². The van der Waals surface area contributed by atoms with Crippen molar-refractivity contribution in [1.82, 2.24) is 9.88 Å². The van der Waals surface area contributed by atoms with Gasteiger partial charge in [-0.3, -0.25) is 4.98 Å². The molecule has 110 valence electrons. The minimum Gasteiger partial charge on any atom is -0.478 e. The number of rotatable bonds is 5. The largest absolute Gasteiger partial charge is 0.478 e. The number of urea groups is 1. The number of aromatic nitrogens is 1. The molecule has 0 aromatic carbocycles. The number of likely N-dealkylation sites (N-methyl/N-ethyl adjacent to an activating group) is 1. The monoisotopic (exact) mass is 305 g/mol. The Morgan fingerprint density at radius 2 is 2.24 bits per heavy atom. The predicted octanol–water partition coefficient (Wildman–Crippen LogP) is 2.55. The molecule has 0 radical (unpaired) electrons. The van der Waals surface area contributed by atoms with Crippen LogP contribution in [-0.4, -0.2) is 40.6 Å². The van der Waals surface area contributed by atoms with E-state index in [1.807, 2.05) is 17.5 Å². The maximum atomic E-state index is 12.0. The van der Waals surface area contributed by atoms with Gasteiger partial charge in [0.25, 0.3) is 0 Å². The van der Waals surface area contributed by atoms with Gasteiger partial charge in [-0.05, 0) is 23.9 Å². The van der Waals surface area contributed by atoms with E-state index in [4.69, 9.17) is 5.11 Å². The van der Waals surface area contributed by atoms with Crippen molar-refractivity contribution in [3.05, 3.63) is 46.4 Å². The number of carboxylic acid groups (broad SMARTS) is 1. The van der Waals surface area contributed by atoms with Gasteiger partial charge in [-0.2, -0.15) is 0 Å². The fourth-order valence-electron chi connectivity index (χ4n) is 1.68. The van der Waals surface area contributed by atoms with E-state index in [0.29, 0.717) is 12.2 Å². The van der Waals surface area contributed by atoms with Gasteiger partial charge in [0.1, 0.15) is 0 Å². The molecule has 0 aliphatic heterocycles. The summed E-state index contributed by atoms with van der Waals surface area (Å²) in [6, 6.07) is 5.08. The Bertz CT molecular complexity index is 628. The second-order valence-electron chi connectivity index (χ2n) is 4.45. The number of carbonyl (C=O) groups is 2. The fourth-order valence-corrected chi connectivity index (χ4v) is 2.38. The third kappa shape index (κ3) is 4.28. The van der Waals surface area contributed by atoms with E-state index < -0.39 is 5.97 Å². The highest BCUT2D eigenvalue weighted by Gasteiger charge is 2.11. The Balaban J connectivity index is 1.91. The standard InChI is InChI=1S/C14H15N3O3S/c1-17(5-4-12-3-2-6-21-12)14(20)16-11-7-10(13(18)19)8-15-9-11/h2-3,6-9H,4-5H2,1H3,(H,16,20)(H,18,19). The number of nitrogens with one attached hydrogen (secondary N) is 1. The average Bonchev–Trinajstić information content (AvgIpc) is 2.98. The Morgan fingerprint density at radius 3 is 2.90 bits per heavy atom. The number of hydrogen-bond acceptors (Lipinski definition) is 4. The molecule has 0 fully saturated rings. The lowest BCUT2D eigenvalue weighted by atomic mass is 10.2. The first kappa shape index (κ1) is 15.0. The third-order valence-corrected chi connectivity index (χ3v) is 3.79. The first-order chi connectivity index (χ1) is 10.1. The van der Waals surface area contributed by atoms with E-state index in [1.54, 1.807) is 23.3 Å². The van der Waals surface area contributed by atoms with Crippen LogP contribution in [0.15, 0.2) is 36.0 Å². The smallest absolute Gasteiger partial charge is 0.337 e. The van der Waals surface area contributed by atoms with E-state index in [9.17, 15) is 9.59 Å². The minimum absolute atomic E-state index is 0.0361. The van der Waals surface area contributed by atoms with Crippen molar-refractivity contribution < 1.29 is 14.7 Å². The number of carboxylic acids is 1. The molecule has 2 heterocycles.